The molecule has 0 aliphatic heterocycles. The van der Waals surface area contributed by atoms with Crippen molar-refractivity contribution in [3.63, 3.8) is 0 Å². The van der Waals surface area contributed by atoms with Gasteiger partial charge in [0, 0.05) is 13.2 Å². The number of ether oxygens (including phenoxy) is 2. The van der Waals surface area contributed by atoms with E-state index < -0.39 is 6.10 Å². The molecule has 0 saturated carbocycles. The zero-order valence-corrected chi connectivity index (χ0v) is 17.5. The fourth-order valence-electron chi connectivity index (χ4n) is 1.93. The number of quaternary nitrogens is 1. The van der Waals surface area contributed by atoms with Crippen LogP contribution < -0.4 is 0 Å². The van der Waals surface area contributed by atoms with Crippen molar-refractivity contribution < 1.29 is 19.1 Å². The molecule has 0 amide bonds. The van der Waals surface area contributed by atoms with E-state index in [2.05, 4.69) is 55.8 Å². The zero-order chi connectivity index (χ0) is 18.7. The molecule has 0 saturated heterocycles. The highest BCUT2D eigenvalue weighted by Gasteiger charge is 2.21. The van der Waals surface area contributed by atoms with Gasteiger partial charge in [0.05, 0.1) is 33.4 Å². The van der Waals surface area contributed by atoms with Crippen molar-refractivity contribution in [2.75, 3.05) is 47.5 Å². The van der Waals surface area contributed by atoms with Crippen LogP contribution in [0.1, 0.15) is 61.3 Å². The first-order valence-corrected chi connectivity index (χ1v) is 9.01. The van der Waals surface area contributed by atoms with Gasteiger partial charge in [0.1, 0.15) is 12.6 Å². The number of rotatable bonds is 10. The topological polar surface area (TPSA) is 38.7 Å². The minimum atomic E-state index is -0.407. The monoisotopic (exact) mass is 334 g/mol. The van der Waals surface area contributed by atoms with Gasteiger partial charge in [0.25, 0.3) is 0 Å². The van der Waals surface area contributed by atoms with Crippen LogP contribution in [0.5, 0.6) is 0 Å². The molecule has 1 N–H and O–H groups in total. The Bertz CT molecular complexity index is 277. The molecular weight excluding hydrogens is 290 g/mol. The highest BCUT2D eigenvalue weighted by Crippen LogP contribution is 2.21. The van der Waals surface area contributed by atoms with Crippen LogP contribution >= 0.6 is 0 Å². The maximum Gasteiger partial charge on any atom is 0.126 e. The molecule has 0 radical (unpaired) electrons. The molecule has 0 aromatic heterocycles. The van der Waals surface area contributed by atoms with E-state index in [1.54, 1.807) is 0 Å². The van der Waals surface area contributed by atoms with E-state index in [0.29, 0.717) is 25.2 Å². The number of aliphatic hydroxyl groups excluding tert-OH is 1. The van der Waals surface area contributed by atoms with E-state index in [1.165, 1.54) is 0 Å². The van der Waals surface area contributed by atoms with Crippen LogP contribution in [0.4, 0.5) is 0 Å². The summed E-state index contributed by atoms with van der Waals surface area (Å²) in [5, 5.41) is 9.87. The largest absolute Gasteiger partial charge is 0.385 e. The van der Waals surface area contributed by atoms with Crippen LogP contribution in [-0.2, 0) is 9.47 Å². The van der Waals surface area contributed by atoms with Gasteiger partial charge >= 0.3 is 0 Å². The van der Waals surface area contributed by atoms with E-state index in [9.17, 15) is 5.11 Å². The van der Waals surface area contributed by atoms with Crippen LogP contribution in [0.15, 0.2) is 0 Å². The van der Waals surface area contributed by atoms with E-state index in [1.807, 2.05) is 13.8 Å². The lowest BCUT2D eigenvalue weighted by molar-refractivity contribution is -0.873. The molecule has 23 heavy (non-hydrogen) atoms. The van der Waals surface area contributed by atoms with Gasteiger partial charge in [0.2, 0.25) is 0 Å². The Morgan fingerprint density at radius 3 is 1.87 bits per heavy atom. The van der Waals surface area contributed by atoms with Gasteiger partial charge in [0.15, 0.2) is 0 Å². The normalized spacial score (nSPS) is 14.2. The van der Waals surface area contributed by atoms with Crippen molar-refractivity contribution in [1.82, 2.24) is 0 Å². The first kappa shape index (κ1) is 25.1. The molecule has 1 unspecified atom stereocenters. The molecule has 0 rings (SSSR count). The zero-order valence-electron chi connectivity index (χ0n) is 17.5. The number of nitrogens with zero attached hydrogens (tertiary/aromatic N) is 1. The molecular formula is C19H44NO3+. The first-order valence-electron chi connectivity index (χ1n) is 9.01. The highest BCUT2D eigenvalue weighted by molar-refractivity contribution is 4.70. The Balaban J connectivity index is 0. The summed E-state index contributed by atoms with van der Waals surface area (Å²) >= 11 is 0. The Morgan fingerprint density at radius 1 is 0.913 bits per heavy atom. The fourth-order valence-corrected chi connectivity index (χ4v) is 1.93. The van der Waals surface area contributed by atoms with Crippen LogP contribution in [-0.4, -0.2) is 68.8 Å². The van der Waals surface area contributed by atoms with Gasteiger partial charge in [-0.15, -0.1) is 0 Å². The Hall–Kier alpha value is -0.160. The Morgan fingerprint density at radius 2 is 1.43 bits per heavy atom. The summed E-state index contributed by atoms with van der Waals surface area (Å²) in [4.78, 5) is 0. The summed E-state index contributed by atoms with van der Waals surface area (Å²) in [5.74, 6) is 0. The predicted molar refractivity (Wildman–Crippen MR) is 99.8 cm³/mol. The SMILES string of the molecule is CC.CC(C)(C)CCOC(C)(C)CCOCC(O)C[N+](C)(C)C. The van der Waals surface area contributed by atoms with Gasteiger partial charge < -0.3 is 19.1 Å². The third-order valence-corrected chi connectivity index (χ3v) is 3.26. The van der Waals surface area contributed by atoms with Crippen molar-refractivity contribution in [3.05, 3.63) is 0 Å². The molecule has 0 spiro atoms. The molecule has 4 heteroatoms. The molecule has 0 aliphatic carbocycles. The second-order valence-corrected chi connectivity index (χ2v) is 8.87. The third-order valence-electron chi connectivity index (χ3n) is 3.26. The summed E-state index contributed by atoms with van der Waals surface area (Å²) in [6.07, 6.45) is 1.49. The van der Waals surface area contributed by atoms with Gasteiger partial charge in [-0.25, -0.2) is 0 Å². The molecule has 0 heterocycles. The lowest BCUT2D eigenvalue weighted by atomic mass is 9.93. The predicted octanol–water partition coefficient (Wildman–Crippen LogP) is 3.72. The first-order chi connectivity index (χ1) is 10.3. The molecule has 0 aliphatic rings. The lowest BCUT2D eigenvalue weighted by Gasteiger charge is -2.28. The van der Waals surface area contributed by atoms with Crippen LogP contribution in [0.2, 0.25) is 0 Å². The molecule has 142 valence electrons. The average Bonchev–Trinajstić information content (AvgIpc) is 2.33. The number of aliphatic hydroxyl groups is 1. The van der Waals surface area contributed by atoms with Crippen molar-refractivity contribution in [2.45, 2.75) is 73.0 Å². The Kier molecular flexibility index (Phi) is 12.4. The molecule has 1 atom stereocenters. The van der Waals surface area contributed by atoms with Gasteiger partial charge in [-0.05, 0) is 32.1 Å². The number of hydrogen-bond donors (Lipinski definition) is 1. The third kappa shape index (κ3) is 19.8. The second-order valence-electron chi connectivity index (χ2n) is 8.87. The van der Waals surface area contributed by atoms with Crippen LogP contribution in [0.3, 0.4) is 0 Å². The van der Waals surface area contributed by atoms with Crippen LogP contribution in [0.25, 0.3) is 0 Å². The van der Waals surface area contributed by atoms with E-state index in [-0.39, 0.29) is 5.60 Å². The van der Waals surface area contributed by atoms with E-state index in [4.69, 9.17) is 9.47 Å². The minimum Gasteiger partial charge on any atom is -0.385 e. The molecule has 0 fully saturated rings. The Labute approximate surface area is 145 Å². The van der Waals surface area contributed by atoms with E-state index >= 15 is 0 Å². The maximum absolute atomic E-state index is 9.87. The summed E-state index contributed by atoms with van der Waals surface area (Å²) in [7, 11) is 6.19. The van der Waals surface area contributed by atoms with Crippen LogP contribution in [0, 0.1) is 5.41 Å². The van der Waals surface area contributed by atoms with Crippen molar-refractivity contribution in [2.24, 2.45) is 5.41 Å². The second kappa shape index (κ2) is 11.4. The van der Waals surface area contributed by atoms with Gasteiger partial charge in [-0.2, -0.15) is 0 Å². The molecule has 4 nitrogen and oxygen atoms in total. The summed E-state index contributed by atoms with van der Waals surface area (Å²) in [5.41, 5.74) is 0.137. The molecule has 0 aromatic rings. The minimum absolute atomic E-state index is 0.170. The lowest BCUT2D eigenvalue weighted by Crippen LogP contribution is -2.43. The van der Waals surface area contributed by atoms with Crippen molar-refractivity contribution in [3.8, 4) is 0 Å². The fraction of sp³-hybridized carbons (Fsp3) is 1.00. The number of likely N-dealkylation sites (N-methyl/N-ethyl adjacent to an activating group) is 1. The number of hydrogen-bond acceptors (Lipinski definition) is 3. The molecule has 0 aromatic carbocycles. The maximum atomic E-state index is 9.87. The summed E-state index contributed by atoms with van der Waals surface area (Å²) in [6, 6.07) is 0. The standard InChI is InChI=1S/C17H38NO3.C2H6/c1-16(2,3)9-12-21-17(4,5)10-11-20-14-15(19)13-18(6,7)8;1-2/h15,19H,9-14H2,1-8H3;1-2H3/q+1;. The van der Waals surface area contributed by atoms with Crippen molar-refractivity contribution in [1.29, 1.82) is 0 Å². The smallest absolute Gasteiger partial charge is 0.126 e. The molecule has 0 bridgehead atoms. The van der Waals surface area contributed by atoms with Gasteiger partial charge in [-0.1, -0.05) is 34.6 Å². The van der Waals surface area contributed by atoms with E-state index in [0.717, 1.165) is 23.9 Å². The highest BCUT2D eigenvalue weighted by atomic mass is 16.5. The summed E-state index contributed by atoms with van der Waals surface area (Å²) < 4.78 is 12.3. The summed E-state index contributed by atoms with van der Waals surface area (Å²) in [6.45, 7) is 17.4. The quantitative estimate of drug-likeness (QED) is 0.489. The van der Waals surface area contributed by atoms with Gasteiger partial charge in [-0.3, -0.25) is 0 Å². The van der Waals surface area contributed by atoms with Crippen molar-refractivity contribution >= 4 is 0 Å². The average molecular weight is 335 g/mol.